The summed E-state index contributed by atoms with van der Waals surface area (Å²) in [6, 6.07) is 10.4. The van der Waals surface area contributed by atoms with Crippen LogP contribution in [-0.4, -0.2) is 14.4 Å². The molecule has 0 aliphatic heterocycles. The monoisotopic (exact) mass is 325 g/mol. The Morgan fingerprint density at radius 1 is 1.04 bits per heavy atom. The molecule has 4 aromatic rings. The average molecular weight is 326 g/mol. The van der Waals surface area contributed by atoms with E-state index in [4.69, 9.17) is 16.6 Å². The second kappa shape index (κ2) is 5.03. The molecule has 0 spiro atoms. The molecule has 23 heavy (non-hydrogen) atoms. The SMILES string of the molecule is Cc1ncn2c1c(C)nc1c(-c3ccccc3Cl)cc(F)cc12. The van der Waals surface area contributed by atoms with Crippen molar-refractivity contribution in [3.63, 3.8) is 0 Å². The Morgan fingerprint density at radius 3 is 2.61 bits per heavy atom. The zero-order valence-corrected chi connectivity index (χ0v) is 13.4. The molecule has 0 aliphatic rings. The van der Waals surface area contributed by atoms with Crippen molar-refractivity contribution in [1.29, 1.82) is 0 Å². The lowest BCUT2D eigenvalue weighted by molar-refractivity contribution is 0.629. The maximum absolute atomic E-state index is 14.2. The van der Waals surface area contributed by atoms with Crippen LogP contribution in [0.1, 0.15) is 11.4 Å². The van der Waals surface area contributed by atoms with Crippen molar-refractivity contribution in [2.24, 2.45) is 0 Å². The van der Waals surface area contributed by atoms with Gasteiger partial charge < -0.3 is 0 Å². The summed E-state index contributed by atoms with van der Waals surface area (Å²) in [5.74, 6) is -0.328. The highest BCUT2D eigenvalue weighted by molar-refractivity contribution is 6.33. The molecule has 0 fully saturated rings. The van der Waals surface area contributed by atoms with Gasteiger partial charge in [-0.05, 0) is 26.0 Å². The number of aryl methyl sites for hydroxylation is 2. The van der Waals surface area contributed by atoms with Crippen molar-refractivity contribution >= 4 is 28.2 Å². The number of imidazole rings is 1. The third-order valence-electron chi connectivity index (χ3n) is 4.05. The number of hydrogen-bond acceptors (Lipinski definition) is 2. The van der Waals surface area contributed by atoms with E-state index >= 15 is 0 Å². The average Bonchev–Trinajstić information content (AvgIpc) is 2.91. The third kappa shape index (κ3) is 2.10. The summed E-state index contributed by atoms with van der Waals surface area (Å²) < 4.78 is 16.1. The number of halogens is 2. The van der Waals surface area contributed by atoms with E-state index in [1.807, 2.05) is 36.4 Å². The predicted molar refractivity (Wildman–Crippen MR) is 90.4 cm³/mol. The molecule has 0 saturated heterocycles. The minimum atomic E-state index is -0.328. The third-order valence-corrected chi connectivity index (χ3v) is 4.38. The predicted octanol–water partition coefficient (Wildman–Crippen LogP) is 4.96. The lowest BCUT2D eigenvalue weighted by Gasteiger charge is -2.11. The number of fused-ring (bicyclic) bond motifs is 3. The Bertz CT molecular complexity index is 1070. The van der Waals surface area contributed by atoms with E-state index in [1.165, 1.54) is 12.1 Å². The van der Waals surface area contributed by atoms with Crippen LogP contribution in [0.15, 0.2) is 42.7 Å². The van der Waals surface area contributed by atoms with Crippen LogP contribution in [0.5, 0.6) is 0 Å². The molecule has 0 amide bonds. The topological polar surface area (TPSA) is 30.2 Å². The molecule has 0 unspecified atom stereocenters. The van der Waals surface area contributed by atoms with E-state index in [-0.39, 0.29) is 5.82 Å². The molecule has 2 aromatic carbocycles. The summed E-state index contributed by atoms with van der Waals surface area (Å²) in [4.78, 5) is 9.04. The van der Waals surface area contributed by atoms with Crippen molar-refractivity contribution in [3.05, 3.63) is 65.0 Å². The number of aromatic nitrogens is 3. The van der Waals surface area contributed by atoms with Gasteiger partial charge in [-0.3, -0.25) is 4.40 Å². The smallest absolute Gasteiger partial charge is 0.126 e. The van der Waals surface area contributed by atoms with Gasteiger partial charge in [0.2, 0.25) is 0 Å². The standard InChI is InChI=1S/C18H13ClFN3/c1-10-18-11(2)22-17-14(13-5-3-4-6-15(13)19)7-12(20)8-16(17)23(18)9-21-10/h3-9H,1-2H3. The first kappa shape index (κ1) is 14.2. The van der Waals surface area contributed by atoms with Gasteiger partial charge >= 0.3 is 0 Å². The summed E-state index contributed by atoms with van der Waals surface area (Å²) in [5, 5.41) is 0.570. The Morgan fingerprint density at radius 2 is 1.83 bits per heavy atom. The van der Waals surface area contributed by atoms with Gasteiger partial charge in [-0.25, -0.2) is 14.4 Å². The van der Waals surface area contributed by atoms with E-state index in [0.29, 0.717) is 21.6 Å². The molecule has 0 aliphatic carbocycles. The molecular weight excluding hydrogens is 313 g/mol. The summed E-state index contributed by atoms with van der Waals surface area (Å²) in [6.45, 7) is 3.85. The highest BCUT2D eigenvalue weighted by Crippen LogP contribution is 2.34. The number of benzene rings is 2. The molecular formula is C18H13ClFN3. The van der Waals surface area contributed by atoms with Crippen LogP contribution in [0, 0.1) is 19.7 Å². The van der Waals surface area contributed by atoms with Gasteiger partial charge in [-0.15, -0.1) is 0 Å². The van der Waals surface area contributed by atoms with Crippen molar-refractivity contribution in [2.75, 3.05) is 0 Å². The van der Waals surface area contributed by atoms with Crippen molar-refractivity contribution in [2.45, 2.75) is 13.8 Å². The van der Waals surface area contributed by atoms with Crippen LogP contribution < -0.4 is 0 Å². The molecule has 0 atom stereocenters. The van der Waals surface area contributed by atoms with Gasteiger partial charge in [-0.2, -0.15) is 0 Å². The molecule has 3 nitrogen and oxygen atoms in total. The quantitative estimate of drug-likeness (QED) is 0.495. The van der Waals surface area contributed by atoms with Crippen molar-refractivity contribution in [3.8, 4) is 11.1 Å². The number of nitrogens with zero attached hydrogens (tertiary/aromatic N) is 3. The van der Waals surface area contributed by atoms with Crippen LogP contribution >= 0.6 is 11.6 Å². The molecule has 2 heterocycles. The fraction of sp³-hybridized carbons (Fsp3) is 0.111. The first-order valence-corrected chi connectivity index (χ1v) is 7.62. The molecule has 0 bridgehead atoms. The molecule has 0 radical (unpaired) electrons. The lowest BCUT2D eigenvalue weighted by Crippen LogP contribution is -1.98. The van der Waals surface area contributed by atoms with E-state index in [9.17, 15) is 4.39 Å². The summed E-state index contributed by atoms with van der Waals surface area (Å²) in [7, 11) is 0. The molecule has 114 valence electrons. The molecule has 2 aromatic heterocycles. The van der Waals surface area contributed by atoms with Gasteiger partial charge in [0, 0.05) is 22.2 Å². The van der Waals surface area contributed by atoms with Crippen molar-refractivity contribution < 1.29 is 4.39 Å². The van der Waals surface area contributed by atoms with Crippen LogP contribution in [-0.2, 0) is 0 Å². The summed E-state index contributed by atoms with van der Waals surface area (Å²) >= 11 is 6.30. The Balaban J connectivity index is 2.20. The van der Waals surface area contributed by atoms with Crippen LogP contribution in [0.2, 0.25) is 5.02 Å². The fourth-order valence-electron chi connectivity index (χ4n) is 3.05. The zero-order chi connectivity index (χ0) is 16.1. The number of rotatable bonds is 1. The van der Waals surface area contributed by atoms with E-state index in [2.05, 4.69) is 4.98 Å². The Hall–Kier alpha value is -2.46. The van der Waals surface area contributed by atoms with Crippen LogP contribution in [0.25, 0.3) is 27.7 Å². The van der Waals surface area contributed by atoms with Gasteiger partial charge in [0.1, 0.15) is 12.1 Å². The molecule has 0 N–H and O–H groups in total. The van der Waals surface area contributed by atoms with Crippen molar-refractivity contribution in [1.82, 2.24) is 14.4 Å². The largest absolute Gasteiger partial charge is 0.295 e. The summed E-state index contributed by atoms with van der Waals surface area (Å²) in [6.07, 6.45) is 1.71. The highest BCUT2D eigenvalue weighted by Gasteiger charge is 2.15. The van der Waals surface area contributed by atoms with E-state index in [0.717, 1.165) is 22.5 Å². The highest BCUT2D eigenvalue weighted by atomic mass is 35.5. The normalized spacial score (nSPS) is 11.5. The maximum atomic E-state index is 14.2. The molecule has 0 saturated carbocycles. The van der Waals surface area contributed by atoms with Gasteiger partial charge in [0.25, 0.3) is 0 Å². The molecule has 4 rings (SSSR count). The second-order valence-corrected chi connectivity index (χ2v) is 5.95. The van der Waals surface area contributed by atoms with Crippen LogP contribution in [0.4, 0.5) is 4.39 Å². The zero-order valence-electron chi connectivity index (χ0n) is 12.6. The minimum Gasteiger partial charge on any atom is -0.295 e. The minimum absolute atomic E-state index is 0.328. The van der Waals surface area contributed by atoms with Gasteiger partial charge in [0.15, 0.2) is 0 Å². The first-order valence-electron chi connectivity index (χ1n) is 7.24. The first-order chi connectivity index (χ1) is 11.1. The molecule has 5 heteroatoms. The maximum Gasteiger partial charge on any atom is 0.126 e. The Kier molecular flexibility index (Phi) is 3.10. The summed E-state index contributed by atoms with van der Waals surface area (Å²) in [5.41, 5.74) is 5.48. The van der Waals surface area contributed by atoms with E-state index in [1.54, 1.807) is 12.4 Å². The Labute approximate surface area is 137 Å². The number of hydrogen-bond donors (Lipinski definition) is 0. The van der Waals surface area contributed by atoms with Gasteiger partial charge in [-0.1, -0.05) is 29.8 Å². The van der Waals surface area contributed by atoms with E-state index < -0.39 is 0 Å². The van der Waals surface area contributed by atoms with Crippen LogP contribution in [0.3, 0.4) is 0 Å². The lowest BCUT2D eigenvalue weighted by atomic mass is 10.0. The van der Waals surface area contributed by atoms with Gasteiger partial charge in [0.05, 0.1) is 27.9 Å². The fourth-order valence-corrected chi connectivity index (χ4v) is 3.29. The second-order valence-electron chi connectivity index (χ2n) is 5.55.